The lowest BCUT2D eigenvalue weighted by atomic mass is 10.0. The number of fused-ring (bicyclic) bond motifs is 2. The van der Waals surface area contributed by atoms with Gasteiger partial charge in [-0.25, -0.2) is 0 Å². The topological polar surface area (TPSA) is 65.2 Å². The minimum absolute atomic E-state index is 0. The molecule has 5 nitrogen and oxygen atoms in total. The molecule has 0 aliphatic carbocycles. The van der Waals surface area contributed by atoms with Crippen LogP contribution in [0.1, 0.15) is 10.5 Å². The number of benzene rings is 1. The van der Waals surface area contributed by atoms with Crippen LogP contribution >= 0.6 is 12.4 Å². The molecule has 2 N–H and O–H groups in total. The van der Waals surface area contributed by atoms with Gasteiger partial charge in [-0.05, 0) is 29.4 Å². The second-order valence-corrected chi connectivity index (χ2v) is 5.99. The van der Waals surface area contributed by atoms with Crippen molar-refractivity contribution in [3.63, 3.8) is 0 Å². The van der Waals surface area contributed by atoms with E-state index >= 15 is 0 Å². The maximum Gasteiger partial charge on any atom is 0.270 e. The molecule has 1 aromatic carbocycles. The third-order valence-electron chi connectivity index (χ3n) is 4.66. The van der Waals surface area contributed by atoms with Crippen molar-refractivity contribution in [2.45, 2.75) is 0 Å². The summed E-state index contributed by atoms with van der Waals surface area (Å²) in [6.07, 6.45) is 0. The Morgan fingerprint density at radius 3 is 2.55 bits per heavy atom. The van der Waals surface area contributed by atoms with Gasteiger partial charge in [0.05, 0.1) is 0 Å². The molecule has 22 heavy (non-hydrogen) atoms. The van der Waals surface area contributed by atoms with Crippen LogP contribution in [0.4, 0.5) is 0 Å². The Labute approximate surface area is 134 Å². The molecule has 0 spiro atoms. The molecule has 2 atom stereocenters. The number of nitrogens with one attached hydrogen (secondary N) is 2. The number of hydrogen-bond acceptors (Lipinski definition) is 3. The van der Waals surface area contributed by atoms with Crippen LogP contribution in [0.2, 0.25) is 0 Å². The van der Waals surface area contributed by atoms with Gasteiger partial charge in [-0.2, -0.15) is 0 Å². The van der Waals surface area contributed by atoms with Crippen LogP contribution in [0.3, 0.4) is 0 Å². The van der Waals surface area contributed by atoms with E-state index in [1.54, 1.807) is 12.1 Å². The third-order valence-corrected chi connectivity index (χ3v) is 4.66. The minimum atomic E-state index is -0.197. The zero-order valence-corrected chi connectivity index (χ0v) is 12.9. The Morgan fingerprint density at radius 2 is 1.82 bits per heavy atom. The normalized spacial score (nSPS) is 23.4. The Balaban J connectivity index is 0.00000144. The largest absolute Gasteiger partial charge is 0.337 e. The zero-order chi connectivity index (χ0) is 14.4. The Morgan fingerprint density at radius 1 is 1.14 bits per heavy atom. The number of likely N-dealkylation sites (tertiary alicyclic amines) is 1. The first-order valence-corrected chi connectivity index (χ1v) is 7.34. The van der Waals surface area contributed by atoms with Gasteiger partial charge in [0.15, 0.2) is 0 Å². The molecule has 2 aliphatic rings. The summed E-state index contributed by atoms with van der Waals surface area (Å²) in [4.78, 5) is 29.3. The fraction of sp³-hybridized carbons (Fsp3) is 0.375. The summed E-state index contributed by atoms with van der Waals surface area (Å²) in [7, 11) is 0. The Hall–Kier alpha value is -1.85. The Kier molecular flexibility index (Phi) is 3.93. The van der Waals surface area contributed by atoms with Crippen molar-refractivity contribution >= 4 is 29.1 Å². The van der Waals surface area contributed by atoms with Gasteiger partial charge in [-0.15, -0.1) is 12.4 Å². The third kappa shape index (κ3) is 2.40. The lowest BCUT2D eigenvalue weighted by Crippen LogP contribution is -2.33. The average Bonchev–Trinajstić information content (AvgIpc) is 3.07. The van der Waals surface area contributed by atoms with Gasteiger partial charge in [0.1, 0.15) is 5.69 Å². The molecular formula is C16H18ClN3O2. The molecule has 1 aromatic heterocycles. The number of nitrogens with zero attached hydrogens (tertiary/aromatic N) is 1. The molecule has 2 saturated heterocycles. The molecule has 4 rings (SSSR count). The number of aromatic nitrogens is 1. The molecule has 116 valence electrons. The van der Waals surface area contributed by atoms with Gasteiger partial charge in [0, 0.05) is 31.6 Å². The van der Waals surface area contributed by atoms with Crippen molar-refractivity contribution in [2.24, 2.45) is 11.8 Å². The van der Waals surface area contributed by atoms with Crippen LogP contribution in [0.25, 0.3) is 10.8 Å². The van der Waals surface area contributed by atoms with E-state index in [1.807, 2.05) is 23.1 Å². The van der Waals surface area contributed by atoms with Crippen LogP contribution in [-0.4, -0.2) is 42.0 Å². The van der Waals surface area contributed by atoms with E-state index in [-0.39, 0.29) is 23.9 Å². The van der Waals surface area contributed by atoms with E-state index in [9.17, 15) is 9.59 Å². The molecule has 0 unspecified atom stereocenters. The van der Waals surface area contributed by atoms with Crippen LogP contribution in [0, 0.1) is 11.8 Å². The van der Waals surface area contributed by atoms with Gasteiger partial charge < -0.3 is 15.2 Å². The Bertz CT molecular complexity index is 761. The monoisotopic (exact) mass is 319 g/mol. The van der Waals surface area contributed by atoms with Crippen LogP contribution in [0.15, 0.2) is 35.1 Å². The number of halogens is 1. The average molecular weight is 320 g/mol. The van der Waals surface area contributed by atoms with E-state index in [2.05, 4.69) is 10.3 Å². The number of aromatic amines is 1. The molecule has 3 heterocycles. The first-order chi connectivity index (χ1) is 10.2. The molecular weight excluding hydrogens is 302 g/mol. The standard InChI is InChI=1S/C16H17N3O2.ClH/c20-15-13-4-2-1-3-10(13)5-14(18-15)16(21)19-8-11-6-17-7-12(11)9-19;/h1-5,11-12,17H,6-9H2,(H,18,20);1H/t11-,12+;. The summed E-state index contributed by atoms with van der Waals surface area (Å²) in [5.41, 5.74) is 0.198. The summed E-state index contributed by atoms with van der Waals surface area (Å²) in [5.74, 6) is 1.05. The number of amides is 1. The number of rotatable bonds is 1. The van der Waals surface area contributed by atoms with Crippen LogP contribution in [0.5, 0.6) is 0 Å². The predicted octanol–water partition coefficient (Wildman–Crippen LogP) is 1.24. The maximum atomic E-state index is 12.6. The molecule has 0 bridgehead atoms. The second kappa shape index (κ2) is 5.74. The quantitative estimate of drug-likeness (QED) is 0.831. The number of H-pyrrole nitrogens is 1. The number of carbonyl (C=O) groups is 1. The summed E-state index contributed by atoms with van der Waals surface area (Å²) >= 11 is 0. The molecule has 1 amide bonds. The van der Waals surface area contributed by atoms with Crippen molar-refractivity contribution in [1.82, 2.24) is 15.2 Å². The lowest BCUT2D eigenvalue weighted by molar-refractivity contribution is 0.0776. The molecule has 6 heteroatoms. The highest BCUT2D eigenvalue weighted by molar-refractivity contribution is 5.96. The number of hydrogen-bond donors (Lipinski definition) is 2. The first-order valence-electron chi connectivity index (χ1n) is 7.34. The second-order valence-electron chi connectivity index (χ2n) is 5.99. The van der Waals surface area contributed by atoms with E-state index in [4.69, 9.17) is 0 Å². The van der Waals surface area contributed by atoms with E-state index in [0.717, 1.165) is 31.6 Å². The van der Waals surface area contributed by atoms with Crippen molar-refractivity contribution in [1.29, 1.82) is 0 Å². The van der Waals surface area contributed by atoms with Crippen LogP contribution < -0.4 is 10.9 Å². The fourth-order valence-electron chi connectivity index (χ4n) is 3.52. The molecule has 0 saturated carbocycles. The van der Waals surface area contributed by atoms with Gasteiger partial charge in [0.25, 0.3) is 11.5 Å². The molecule has 2 aromatic rings. The minimum Gasteiger partial charge on any atom is -0.337 e. The van der Waals surface area contributed by atoms with Crippen molar-refractivity contribution in [2.75, 3.05) is 26.2 Å². The molecule has 2 aliphatic heterocycles. The van der Waals surface area contributed by atoms with E-state index in [0.29, 0.717) is 22.9 Å². The number of pyridine rings is 1. The summed E-state index contributed by atoms with van der Waals surface area (Å²) in [5, 5.41) is 4.79. The molecule has 2 fully saturated rings. The van der Waals surface area contributed by atoms with E-state index in [1.165, 1.54) is 0 Å². The maximum absolute atomic E-state index is 12.6. The van der Waals surface area contributed by atoms with Crippen molar-refractivity contribution < 1.29 is 4.79 Å². The summed E-state index contributed by atoms with van der Waals surface area (Å²) in [6, 6.07) is 9.12. The van der Waals surface area contributed by atoms with Crippen molar-refractivity contribution in [3.05, 3.63) is 46.4 Å². The SMILES string of the molecule is Cl.O=C(c1cc2ccccc2c(=O)[nH]1)N1C[C@H]2CNC[C@H]2C1. The highest BCUT2D eigenvalue weighted by Gasteiger charge is 2.38. The summed E-state index contributed by atoms with van der Waals surface area (Å²) in [6.45, 7) is 3.54. The lowest BCUT2D eigenvalue weighted by Gasteiger charge is -2.17. The number of carbonyl (C=O) groups excluding carboxylic acids is 1. The smallest absolute Gasteiger partial charge is 0.270 e. The first kappa shape index (κ1) is 15.1. The van der Waals surface area contributed by atoms with Crippen LogP contribution in [-0.2, 0) is 0 Å². The summed E-state index contributed by atoms with van der Waals surface area (Å²) < 4.78 is 0. The van der Waals surface area contributed by atoms with Gasteiger partial charge in [-0.3, -0.25) is 9.59 Å². The highest BCUT2D eigenvalue weighted by Crippen LogP contribution is 2.27. The molecule has 0 radical (unpaired) electrons. The van der Waals surface area contributed by atoms with Gasteiger partial charge in [-0.1, -0.05) is 18.2 Å². The van der Waals surface area contributed by atoms with Crippen molar-refractivity contribution in [3.8, 4) is 0 Å². The van der Waals surface area contributed by atoms with Gasteiger partial charge >= 0.3 is 0 Å². The van der Waals surface area contributed by atoms with Gasteiger partial charge in [0.2, 0.25) is 0 Å². The predicted molar refractivity (Wildman–Crippen MR) is 87.6 cm³/mol. The van der Waals surface area contributed by atoms with E-state index < -0.39 is 0 Å². The highest BCUT2D eigenvalue weighted by atomic mass is 35.5. The fourth-order valence-corrected chi connectivity index (χ4v) is 3.52. The zero-order valence-electron chi connectivity index (χ0n) is 12.0.